The summed E-state index contributed by atoms with van der Waals surface area (Å²) in [6.45, 7) is 4.88. The monoisotopic (exact) mass is 274 g/mol. The van der Waals surface area contributed by atoms with Crippen molar-refractivity contribution in [2.75, 3.05) is 13.1 Å². The molecule has 2 nitrogen and oxygen atoms in total. The number of fused-ring (bicyclic) bond motifs is 1. The molecule has 3 rings (SSSR count). The Bertz CT molecular complexity index is 359. The SMILES string of the molecule is CCC1CCC(C#N)C(N2CCC3CCCCC3C2)C1. The predicted molar refractivity (Wildman–Crippen MR) is 82.2 cm³/mol. The van der Waals surface area contributed by atoms with Gasteiger partial charge in [0.2, 0.25) is 0 Å². The molecule has 0 N–H and O–H groups in total. The highest BCUT2D eigenvalue weighted by molar-refractivity contribution is 4.99. The van der Waals surface area contributed by atoms with Crippen LogP contribution in [0.5, 0.6) is 0 Å². The van der Waals surface area contributed by atoms with Crippen LogP contribution < -0.4 is 0 Å². The van der Waals surface area contributed by atoms with Crippen molar-refractivity contribution < 1.29 is 0 Å². The van der Waals surface area contributed by atoms with Crippen molar-refractivity contribution in [1.82, 2.24) is 4.90 Å². The van der Waals surface area contributed by atoms with Crippen LogP contribution in [0.3, 0.4) is 0 Å². The molecule has 0 aromatic carbocycles. The first-order valence-corrected chi connectivity index (χ1v) is 8.95. The maximum Gasteiger partial charge on any atom is 0.0672 e. The van der Waals surface area contributed by atoms with Crippen LogP contribution in [-0.4, -0.2) is 24.0 Å². The smallest absolute Gasteiger partial charge is 0.0672 e. The van der Waals surface area contributed by atoms with Crippen LogP contribution in [0.15, 0.2) is 0 Å². The molecule has 0 bridgehead atoms. The number of piperidine rings is 1. The van der Waals surface area contributed by atoms with Crippen LogP contribution >= 0.6 is 0 Å². The maximum absolute atomic E-state index is 9.51. The van der Waals surface area contributed by atoms with Gasteiger partial charge >= 0.3 is 0 Å². The zero-order valence-electron chi connectivity index (χ0n) is 13.1. The van der Waals surface area contributed by atoms with Gasteiger partial charge in [0.15, 0.2) is 0 Å². The molecule has 2 aliphatic carbocycles. The van der Waals surface area contributed by atoms with Gasteiger partial charge in [-0.1, -0.05) is 32.6 Å². The molecular formula is C18H30N2. The third-order valence-corrected chi connectivity index (χ3v) is 6.46. The first kappa shape index (κ1) is 14.4. The molecule has 0 amide bonds. The predicted octanol–water partition coefficient (Wildman–Crippen LogP) is 4.22. The van der Waals surface area contributed by atoms with Gasteiger partial charge in [-0.15, -0.1) is 0 Å². The normalized spacial score (nSPS) is 42.7. The number of likely N-dealkylation sites (tertiary alicyclic amines) is 1. The topological polar surface area (TPSA) is 27.0 Å². The minimum Gasteiger partial charge on any atom is -0.299 e. The first-order valence-electron chi connectivity index (χ1n) is 8.95. The van der Waals surface area contributed by atoms with Crippen molar-refractivity contribution in [3.8, 4) is 6.07 Å². The maximum atomic E-state index is 9.51. The lowest BCUT2D eigenvalue weighted by Crippen LogP contribution is -2.51. The average molecular weight is 274 g/mol. The molecule has 1 heterocycles. The van der Waals surface area contributed by atoms with Crippen molar-refractivity contribution in [2.45, 2.75) is 70.8 Å². The molecule has 3 aliphatic rings. The van der Waals surface area contributed by atoms with E-state index in [4.69, 9.17) is 0 Å². The Kier molecular flexibility index (Phi) is 4.66. The summed E-state index contributed by atoms with van der Waals surface area (Å²) >= 11 is 0. The van der Waals surface area contributed by atoms with E-state index in [0.29, 0.717) is 12.0 Å². The minimum atomic E-state index is 0.304. The summed E-state index contributed by atoms with van der Waals surface area (Å²) in [7, 11) is 0. The number of rotatable bonds is 2. The summed E-state index contributed by atoms with van der Waals surface area (Å²) in [5.41, 5.74) is 0. The van der Waals surface area contributed by atoms with Gasteiger partial charge in [-0.3, -0.25) is 4.90 Å². The lowest BCUT2D eigenvalue weighted by Gasteiger charge is -2.47. The van der Waals surface area contributed by atoms with Gasteiger partial charge in [0.25, 0.3) is 0 Å². The number of nitriles is 1. The Hall–Kier alpha value is -0.550. The molecule has 3 fully saturated rings. The third kappa shape index (κ3) is 2.89. The van der Waals surface area contributed by atoms with E-state index in [2.05, 4.69) is 17.9 Å². The summed E-state index contributed by atoms with van der Waals surface area (Å²) in [6.07, 6.45) is 12.2. The number of nitrogens with zero attached hydrogens (tertiary/aromatic N) is 2. The molecule has 2 heteroatoms. The van der Waals surface area contributed by atoms with E-state index >= 15 is 0 Å². The van der Waals surface area contributed by atoms with E-state index in [0.717, 1.165) is 24.2 Å². The van der Waals surface area contributed by atoms with Crippen LogP contribution in [0.25, 0.3) is 0 Å². The van der Waals surface area contributed by atoms with Crippen LogP contribution in [-0.2, 0) is 0 Å². The first-order chi connectivity index (χ1) is 9.81. The molecule has 0 radical (unpaired) electrons. The van der Waals surface area contributed by atoms with E-state index in [9.17, 15) is 5.26 Å². The standard InChI is InChI=1S/C18H30N2/c1-2-14-7-8-16(12-19)18(11-14)20-10-9-15-5-3-4-6-17(15)13-20/h14-18H,2-11,13H2,1H3. The van der Waals surface area contributed by atoms with Crippen LogP contribution in [0, 0.1) is 35.0 Å². The van der Waals surface area contributed by atoms with Gasteiger partial charge in [-0.05, 0) is 56.4 Å². The Balaban J connectivity index is 1.65. The molecular weight excluding hydrogens is 244 g/mol. The molecule has 1 saturated heterocycles. The Morgan fingerprint density at radius 2 is 1.85 bits per heavy atom. The molecule has 5 unspecified atom stereocenters. The van der Waals surface area contributed by atoms with E-state index in [1.165, 1.54) is 64.5 Å². The van der Waals surface area contributed by atoms with Gasteiger partial charge in [-0.25, -0.2) is 0 Å². The average Bonchev–Trinajstić information content (AvgIpc) is 2.53. The van der Waals surface area contributed by atoms with Gasteiger partial charge in [-0.2, -0.15) is 5.26 Å². The summed E-state index contributed by atoms with van der Waals surface area (Å²) < 4.78 is 0. The van der Waals surface area contributed by atoms with Crippen LogP contribution in [0.4, 0.5) is 0 Å². The Morgan fingerprint density at radius 1 is 1.05 bits per heavy atom. The highest BCUT2D eigenvalue weighted by Crippen LogP contribution is 2.40. The fraction of sp³-hybridized carbons (Fsp3) is 0.944. The zero-order chi connectivity index (χ0) is 13.9. The molecule has 5 atom stereocenters. The van der Waals surface area contributed by atoms with E-state index < -0.39 is 0 Å². The van der Waals surface area contributed by atoms with Crippen molar-refractivity contribution in [3.63, 3.8) is 0 Å². The Labute approximate surface area is 124 Å². The van der Waals surface area contributed by atoms with Crippen molar-refractivity contribution in [1.29, 1.82) is 5.26 Å². The van der Waals surface area contributed by atoms with Gasteiger partial charge in [0, 0.05) is 12.6 Å². The lowest BCUT2D eigenvalue weighted by atomic mass is 9.72. The van der Waals surface area contributed by atoms with Crippen LogP contribution in [0.2, 0.25) is 0 Å². The molecule has 0 spiro atoms. The minimum absolute atomic E-state index is 0.304. The second-order valence-corrected chi connectivity index (χ2v) is 7.48. The fourth-order valence-corrected chi connectivity index (χ4v) is 5.09. The second-order valence-electron chi connectivity index (χ2n) is 7.48. The van der Waals surface area contributed by atoms with Gasteiger partial charge < -0.3 is 0 Å². The lowest BCUT2D eigenvalue weighted by molar-refractivity contribution is 0.0211. The zero-order valence-corrected chi connectivity index (χ0v) is 13.1. The summed E-state index contributed by atoms with van der Waals surface area (Å²) in [6, 6.07) is 3.20. The number of hydrogen-bond acceptors (Lipinski definition) is 2. The van der Waals surface area contributed by atoms with Crippen molar-refractivity contribution >= 4 is 0 Å². The highest BCUT2D eigenvalue weighted by Gasteiger charge is 2.38. The molecule has 0 aromatic rings. The van der Waals surface area contributed by atoms with Crippen LogP contribution in [0.1, 0.15) is 64.7 Å². The summed E-state index contributed by atoms with van der Waals surface area (Å²) in [4.78, 5) is 2.72. The fourth-order valence-electron chi connectivity index (χ4n) is 5.09. The van der Waals surface area contributed by atoms with Crippen molar-refractivity contribution in [3.05, 3.63) is 0 Å². The largest absolute Gasteiger partial charge is 0.299 e. The third-order valence-electron chi connectivity index (χ3n) is 6.46. The molecule has 112 valence electrons. The quantitative estimate of drug-likeness (QED) is 0.754. The van der Waals surface area contributed by atoms with E-state index in [1.54, 1.807) is 0 Å². The van der Waals surface area contributed by atoms with E-state index in [1.807, 2.05) is 0 Å². The second kappa shape index (κ2) is 6.48. The number of hydrogen-bond donors (Lipinski definition) is 0. The summed E-state index contributed by atoms with van der Waals surface area (Å²) in [5, 5.41) is 9.51. The molecule has 2 saturated carbocycles. The highest BCUT2D eigenvalue weighted by atomic mass is 15.2. The van der Waals surface area contributed by atoms with Gasteiger partial charge in [0.1, 0.15) is 0 Å². The molecule has 1 aliphatic heterocycles. The van der Waals surface area contributed by atoms with E-state index in [-0.39, 0.29) is 0 Å². The van der Waals surface area contributed by atoms with Gasteiger partial charge in [0.05, 0.1) is 12.0 Å². The Morgan fingerprint density at radius 3 is 2.60 bits per heavy atom. The summed E-state index contributed by atoms with van der Waals surface area (Å²) in [5.74, 6) is 3.12. The molecule has 20 heavy (non-hydrogen) atoms. The molecule has 0 aromatic heterocycles. The van der Waals surface area contributed by atoms with Crippen molar-refractivity contribution in [2.24, 2.45) is 23.7 Å².